The first-order chi connectivity index (χ1) is 13.5. The number of nitrogen functional groups attached to an aromatic ring is 1. The highest BCUT2D eigenvalue weighted by molar-refractivity contribution is 7.13. The zero-order chi connectivity index (χ0) is 20.3. The van der Waals surface area contributed by atoms with Gasteiger partial charge in [-0.3, -0.25) is 9.59 Å². The van der Waals surface area contributed by atoms with Gasteiger partial charge in [-0.25, -0.2) is 9.97 Å². The number of hydrogen-bond donors (Lipinski definition) is 2. The van der Waals surface area contributed by atoms with Crippen LogP contribution >= 0.6 is 11.3 Å². The van der Waals surface area contributed by atoms with E-state index in [1.165, 1.54) is 11.3 Å². The van der Waals surface area contributed by atoms with Crippen molar-refractivity contribution >= 4 is 29.5 Å². The summed E-state index contributed by atoms with van der Waals surface area (Å²) in [5.41, 5.74) is 11.8. The van der Waals surface area contributed by atoms with Crippen molar-refractivity contribution in [2.45, 2.75) is 39.2 Å². The van der Waals surface area contributed by atoms with Gasteiger partial charge in [0, 0.05) is 36.6 Å². The molecule has 0 bridgehead atoms. The summed E-state index contributed by atoms with van der Waals surface area (Å²) >= 11 is 1.50. The number of fused-ring (bicyclic) bond motifs is 1. The summed E-state index contributed by atoms with van der Waals surface area (Å²) in [4.78, 5) is 32.7. The van der Waals surface area contributed by atoms with Crippen LogP contribution in [0.25, 0.3) is 10.4 Å². The lowest BCUT2D eigenvalue weighted by Crippen LogP contribution is -2.42. The topological polar surface area (TPSA) is 133 Å². The lowest BCUT2D eigenvalue weighted by atomic mass is 9.83. The third-order valence-electron chi connectivity index (χ3n) is 5.23. The van der Waals surface area contributed by atoms with E-state index in [1.807, 2.05) is 11.8 Å². The molecule has 2 aliphatic rings. The number of hydrogen-bond acceptors (Lipinski definition) is 7. The first-order valence-corrected chi connectivity index (χ1v) is 9.88. The molecule has 0 saturated heterocycles. The Balaban J connectivity index is 0.000000706. The second-order valence-electron chi connectivity index (χ2n) is 6.79. The number of nitrogens with two attached hydrogens (primary N) is 1. The number of rotatable bonds is 2. The van der Waals surface area contributed by atoms with Gasteiger partial charge in [0.25, 0.3) is 6.47 Å². The van der Waals surface area contributed by atoms with Crippen molar-refractivity contribution < 1.29 is 14.7 Å². The minimum absolute atomic E-state index is 0.173. The molecule has 1 fully saturated rings. The molecule has 3 heterocycles. The summed E-state index contributed by atoms with van der Waals surface area (Å²) in [5, 5.41) is 16.5. The molecule has 0 spiro atoms. The van der Waals surface area contributed by atoms with Gasteiger partial charge < -0.3 is 15.7 Å². The Morgan fingerprint density at radius 2 is 2.21 bits per heavy atom. The lowest BCUT2D eigenvalue weighted by molar-refractivity contribution is -0.139. The van der Waals surface area contributed by atoms with Crippen LogP contribution in [-0.2, 0) is 22.6 Å². The fraction of sp³-hybridized carbons (Fsp3) is 0.421. The molecule has 1 amide bonds. The summed E-state index contributed by atoms with van der Waals surface area (Å²) < 4.78 is 0. The fourth-order valence-corrected chi connectivity index (χ4v) is 4.47. The van der Waals surface area contributed by atoms with Gasteiger partial charge in [0.05, 0.1) is 21.8 Å². The zero-order valence-corrected chi connectivity index (χ0v) is 16.3. The van der Waals surface area contributed by atoms with Crippen LogP contribution in [-0.4, -0.2) is 38.9 Å². The average molecular weight is 399 g/mol. The van der Waals surface area contributed by atoms with E-state index < -0.39 is 0 Å². The molecule has 1 saturated carbocycles. The Hall–Kier alpha value is -2.99. The SMILES string of the molecule is Cc1ncsc1-c1c(C#N)c(N)nc2c1CN(C(=O)C1CCC1)CC2.O=CO. The lowest BCUT2D eigenvalue weighted by Gasteiger charge is -2.35. The van der Waals surface area contributed by atoms with Crippen molar-refractivity contribution in [3.05, 3.63) is 28.0 Å². The van der Waals surface area contributed by atoms with E-state index in [0.717, 1.165) is 46.7 Å². The van der Waals surface area contributed by atoms with Crippen molar-refractivity contribution in [3.63, 3.8) is 0 Å². The minimum atomic E-state index is -0.250. The summed E-state index contributed by atoms with van der Waals surface area (Å²) in [6, 6.07) is 2.21. The second kappa shape index (κ2) is 8.35. The Morgan fingerprint density at radius 3 is 2.75 bits per heavy atom. The average Bonchev–Trinajstić information content (AvgIpc) is 3.05. The summed E-state index contributed by atoms with van der Waals surface area (Å²) in [7, 11) is 0. The van der Waals surface area contributed by atoms with Crippen LogP contribution in [0.1, 0.15) is 41.8 Å². The van der Waals surface area contributed by atoms with Crippen LogP contribution in [0.15, 0.2) is 5.51 Å². The highest BCUT2D eigenvalue weighted by Crippen LogP contribution is 2.39. The van der Waals surface area contributed by atoms with Gasteiger partial charge in [0.1, 0.15) is 17.5 Å². The van der Waals surface area contributed by atoms with Gasteiger partial charge in [0.15, 0.2) is 0 Å². The summed E-state index contributed by atoms with van der Waals surface area (Å²) in [6.45, 7) is 2.84. The largest absolute Gasteiger partial charge is 0.483 e. The van der Waals surface area contributed by atoms with Gasteiger partial charge in [-0.15, -0.1) is 11.3 Å². The number of anilines is 1. The van der Waals surface area contributed by atoms with Gasteiger partial charge in [-0.1, -0.05) is 6.42 Å². The number of nitrogens with zero attached hydrogens (tertiary/aromatic N) is 4. The smallest absolute Gasteiger partial charge is 0.290 e. The maximum Gasteiger partial charge on any atom is 0.290 e. The zero-order valence-electron chi connectivity index (χ0n) is 15.5. The van der Waals surface area contributed by atoms with E-state index >= 15 is 0 Å². The van der Waals surface area contributed by atoms with E-state index in [1.54, 1.807) is 5.51 Å². The van der Waals surface area contributed by atoms with Crippen LogP contribution in [0.2, 0.25) is 0 Å². The van der Waals surface area contributed by atoms with E-state index in [-0.39, 0.29) is 24.1 Å². The molecular weight excluding hydrogens is 378 g/mol. The Bertz CT molecular complexity index is 946. The number of carbonyl (C=O) groups excluding carboxylic acids is 1. The van der Waals surface area contributed by atoms with Crippen molar-refractivity contribution in [1.29, 1.82) is 5.26 Å². The molecule has 0 radical (unpaired) electrons. The normalized spacial score (nSPS) is 15.5. The number of amides is 1. The van der Waals surface area contributed by atoms with Crippen LogP contribution < -0.4 is 5.73 Å². The van der Waals surface area contributed by atoms with Gasteiger partial charge in [-0.05, 0) is 19.8 Å². The molecule has 28 heavy (non-hydrogen) atoms. The van der Waals surface area contributed by atoms with E-state index in [2.05, 4.69) is 16.0 Å². The molecule has 1 aliphatic carbocycles. The van der Waals surface area contributed by atoms with E-state index in [4.69, 9.17) is 15.6 Å². The predicted octanol–water partition coefficient (Wildman–Crippen LogP) is 2.35. The number of carboxylic acid groups (broad SMARTS) is 1. The molecule has 1 aliphatic heterocycles. The van der Waals surface area contributed by atoms with Crippen LogP contribution in [0.5, 0.6) is 0 Å². The molecule has 8 nitrogen and oxygen atoms in total. The molecule has 2 aromatic heterocycles. The molecule has 4 rings (SSSR count). The molecule has 2 aromatic rings. The van der Waals surface area contributed by atoms with E-state index in [9.17, 15) is 10.1 Å². The predicted molar refractivity (Wildman–Crippen MR) is 104 cm³/mol. The summed E-state index contributed by atoms with van der Waals surface area (Å²) in [6.07, 6.45) is 3.80. The third kappa shape index (κ3) is 3.55. The number of carbonyl (C=O) groups is 2. The molecule has 9 heteroatoms. The highest BCUT2D eigenvalue weighted by Gasteiger charge is 2.33. The van der Waals surface area contributed by atoms with Gasteiger partial charge in [0.2, 0.25) is 5.91 Å². The van der Waals surface area contributed by atoms with Gasteiger partial charge >= 0.3 is 0 Å². The monoisotopic (exact) mass is 399 g/mol. The quantitative estimate of drug-likeness (QED) is 0.740. The molecule has 0 atom stereocenters. The van der Waals surface area contributed by atoms with Crippen molar-refractivity contribution in [3.8, 4) is 16.5 Å². The molecule has 0 aromatic carbocycles. The highest BCUT2D eigenvalue weighted by atomic mass is 32.1. The van der Waals surface area contributed by atoms with Crippen LogP contribution in [0, 0.1) is 24.2 Å². The molecule has 3 N–H and O–H groups in total. The Kier molecular flexibility index (Phi) is 5.90. The number of nitriles is 1. The first kappa shape index (κ1) is 19.8. The standard InChI is InChI=1S/C18H19N5OS.CH2O2/c1-10-16(25-9-21-10)15-12(7-19)17(20)22-14-5-6-23(8-13(14)15)18(24)11-3-2-4-11;2-1-3/h9,11H,2-6,8H2,1H3,(H2,20,22);1H,(H,2,3). The van der Waals surface area contributed by atoms with E-state index in [0.29, 0.717) is 25.1 Å². The number of aromatic nitrogens is 2. The van der Waals surface area contributed by atoms with Gasteiger partial charge in [-0.2, -0.15) is 5.26 Å². The summed E-state index contributed by atoms with van der Waals surface area (Å²) in [5.74, 6) is 0.675. The second-order valence-corrected chi connectivity index (χ2v) is 7.65. The Morgan fingerprint density at radius 1 is 1.50 bits per heavy atom. The maximum absolute atomic E-state index is 12.7. The third-order valence-corrected chi connectivity index (χ3v) is 6.18. The fourth-order valence-electron chi connectivity index (χ4n) is 3.59. The van der Waals surface area contributed by atoms with Crippen molar-refractivity contribution in [1.82, 2.24) is 14.9 Å². The Labute approximate surface area is 166 Å². The van der Waals surface area contributed by atoms with Crippen LogP contribution in [0.4, 0.5) is 5.82 Å². The van der Waals surface area contributed by atoms with Crippen molar-refractivity contribution in [2.24, 2.45) is 5.92 Å². The minimum Gasteiger partial charge on any atom is -0.483 e. The number of aryl methyl sites for hydroxylation is 1. The van der Waals surface area contributed by atoms with Crippen LogP contribution in [0.3, 0.4) is 0 Å². The van der Waals surface area contributed by atoms with Crippen molar-refractivity contribution in [2.75, 3.05) is 12.3 Å². The maximum atomic E-state index is 12.7. The molecule has 146 valence electrons. The number of thiazole rings is 1. The molecule has 0 unspecified atom stereocenters. The number of pyridine rings is 1. The molecular formula is C19H21N5O3S. The first-order valence-electron chi connectivity index (χ1n) is 9.00.